The molecule has 1 fully saturated rings. The van der Waals surface area contributed by atoms with Crippen LogP contribution in [0.4, 0.5) is 4.39 Å². The first kappa shape index (κ1) is 19.3. The fourth-order valence-electron chi connectivity index (χ4n) is 3.76. The zero-order chi connectivity index (χ0) is 20.1. The van der Waals surface area contributed by atoms with Gasteiger partial charge < -0.3 is 10.1 Å². The molecule has 1 aromatic heterocycles. The molecule has 2 heterocycles. The van der Waals surface area contributed by atoms with Gasteiger partial charge in [-0.3, -0.25) is 4.79 Å². The van der Waals surface area contributed by atoms with Crippen molar-refractivity contribution in [2.75, 3.05) is 13.2 Å². The van der Waals surface area contributed by atoms with Crippen molar-refractivity contribution in [3.63, 3.8) is 0 Å². The van der Waals surface area contributed by atoms with Crippen molar-refractivity contribution < 1.29 is 13.9 Å². The monoisotopic (exact) mass is 394 g/mol. The molecule has 2 aromatic carbocycles. The van der Waals surface area contributed by atoms with E-state index < -0.39 is 5.41 Å². The van der Waals surface area contributed by atoms with Gasteiger partial charge in [-0.25, -0.2) is 14.1 Å². The van der Waals surface area contributed by atoms with Crippen molar-refractivity contribution >= 4 is 5.91 Å². The van der Waals surface area contributed by atoms with Crippen molar-refractivity contribution in [3.05, 3.63) is 78.1 Å². The quantitative estimate of drug-likeness (QED) is 0.698. The minimum absolute atomic E-state index is 0.00888. The summed E-state index contributed by atoms with van der Waals surface area (Å²) in [6.07, 6.45) is 4.88. The Morgan fingerprint density at radius 3 is 2.62 bits per heavy atom. The number of amides is 1. The first-order chi connectivity index (χ1) is 14.1. The molecule has 1 saturated heterocycles. The van der Waals surface area contributed by atoms with Crippen molar-refractivity contribution in [2.24, 2.45) is 5.41 Å². The average Bonchev–Trinajstić information content (AvgIpc) is 3.28. The molecule has 1 N–H and O–H groups in total. The Bertz CT molecular complexity index is 951. The lowest BCUT2D eigenvalue weighted by Crippen LogP contribution is -2.45. The van der Waals surface area contributed by atoms with Crippen LogP contribution in [-0.4, -0.2) is 33.9 Å². The highest BCUT2D eigenvalue weighted by Gasteiger charge is 2.40. The van der Waals surface area contributed by atoms with Gasteiger partial charge in [-0.15, -0.1) is 0 Å². The van der Waals surface area contributed by atoms with E-state index in [1.165, 1.54) is 18.5 Å². The summed E-state index contributed by atoms with van der Waals surface area (Å²) in [7, 11) is 0. The van der Waals surface area contributed by atoms with Crippen LogP contribution >= 0.6 is 0 Å². The highest BCUT2D eigenvalue weighted by molar-refractivity contribution is 5.83. The minimum atomic E-state index is -0.577. The standard InChI is InChI=1S/C22H23FN4O2/c23-19-3-1-2-18(12-19)13-22(8-10-29-11-9-22)21(28)25-14-17-4-6-20(7-5-17)27-16-24-15-26-27/h1-7,12,15-16H,8-11,13-14H2,(H,25,28). The van der Waals surface area contributed by atoms with Crippen LogP contribution in [0.1, 0.15) is 24.0 Å². The second kappa shape index (κ2) is 8.53. The van der Waals surface area contributed by atoms with E-state index in [0.717, 1.165) is 16.8 Å². The second-order valence-corrected chi connectivity index (χ2v) is 7.39. The van der Waals surface area contributed by atoms with Crippen LogP contribution < -0.4 is 5.32 Å². The van der Waals surface area contributed by atoms with E-state index in [0.29, 0.717) is 39.0 Å². The molecule has 0 saturated carbocycles. The summed E-state index contributed by atoms with van der Waals surface area (Å²) in [5.41, 5.74) is 2.16. The third kappa shape index (κ3) is 4.51. The SMILES string of the molecule is O=C(NCc1ccc(-n2cncn2)cc1)C1(Cc2cccc(F)c2)CCOCC1. The van der Waals surface area contributed by atoms with E-state index in [1.54, 1.807) is 17.1 Å². The molecule has 0 atom stereocenters. The fraction of sp³-hybridized carbons (Fsp3) is 0.318. The third-order valence-electron chi connectivity index (χ3n) is 5.44. The number of carbonyl (C=O) groups is 1. The predicted molar refractivity (Wildman–Crippen MR) is 106 cm³/mol. The van der Waals surface area contributed by atoms with Gasteiger partial charge in [0.05, 0.1) is 11.1 Å². The van der Waals surface area contributed by atoms with Crippen LogP contribution in [0, 0.1) is 11.2 Å². The van der Waals surface area contributed by atoms with Gasteiger partial charge in [0.15, 0.2) is 0 Å². The van der Waals surface area contributed by atoms with Crippen LogP contribution in [0.15, 0.2) is 61.2 Å². The number of aromatic nitrogens is 3. The Labute approximate surface area is 168 Å². The Kier molecular flexibility index (Phi) is 5.67. The minimum Gasteiger partial charge on any atom is -0.381 e. The molecule has 0 spiro atoms. The molecule has 0 aliphatic carbocycles. The maximum atomic E-state index is 13.6. The second-order valence-electron chi connectivity index (χ2n) is 7.39. The summed E-state index contributed by atoms with van der Waals surface area (Å²) in [5, 5.41) is 7.18. The number of ether oxygens (including phenoxy) is 1. The maximum Gasteiger partial charge on any atom is 0.226 e. The number of nitrogens with one attached hydrogen (secondary N) is 1. The van der Waals surface area contributed by atoms with Crippen molar-refractivity contribution in [2.45, 2.75) is 25.8 Å². The van der Waals surface area contributed by atoms with Crippen LogP contribution in [-0.2, 0) is 22.5 Å². The summed E-state index contributed by atoms with van der Waals surface area (Å²) in [5.74, 6) is -0.289. The van der Waals surface area contributed by atoms with Gasteiger partial charge in [0.25, 0.3) is 0 Å². The third-order valence-corrected chi connectivity index (χ3v) is 5.44. The van der Waals surface area contributed by atoms with Gasteiger partial charge in [-0.1, -0.05) is 24.3 Å². The van der Waals surface area contributed by atoms with Crippen LogP contribution in [0.25, 0.3) is 5.69 Å². The van der Waals surface area contributed by atoms with E-state index in [-0.39, 0.29) is 11.7 Å². The topological polar surface area (TPSA) is 69.0 Å². The molecule has 0 bridgehead atoms. The first-order valence-corrected chi connectivity index (χ1v) is 9.69. The molecule has 1 aliphatic heterocycles. The zero-order valence-corrected chi connectivity index (χ0v) is 16.1. The van der Waals surface area contributed by atoms with E-state index in [9.17, 15) is 9.18 Å². The van der Waals surface area contributed by atoms with Gasteiger partial charge in [-0.2, -0.15) is 5.10 Å². The summed E-state index contributed by atoms with van der Waals surface area (Å²) < 4.78 is 20.8. The first-order valence-electron chi connectivity index (χ1n) is 9.69. The fourth-order valence-corrected chi connectivity index (χ4v) is 3.76. The lowest BCUT2D eigenvalue weighted by atomic mass is 9.74. The largest absolute Gasteiger partial charge is 0.381 e. The van der Waals surface area contributed by atoms with Crippen molar-refractivity contribution in [1.29, 1.82) is 0 Å². The zero-order valence-electron chi connectivity index (χ0n) is 16.1. The summed E-state index contributed by atoms with van der Waals surface area (Å²) in [6, 6.07) is 14.3. The van der Waals surface area contributed by atoms with Crippen LogP contribution in [0.2, 0.25) is 0 Å². The molecule has 29 heavy (non-hydrogen) atoms. The van der Waals surface area contributed by atoms with Gasteiger partial charge >= 0.3 is 0 Å². The van der Waals surface area contributed by atoms with Crippen molar-refractivity contribution in [1.82, 2.24) is 20.1 Å². The Morgan fingerprint density at radius 1 is 1.14 bits per heavy atom. The number of hydrogen-bond donors (Lipinski definition) is 1. The summed E-state index contributed by atoms with van der Waals surface area (Å²) in [6.45, 7) is 1.51. The smallest absolute Gasteiger partial charge is 0.226 e. The van der Waals surface area contributed by atoms with Crippen LogP contribution in [0.3, 0.4) is 0 Å². The molecule has 7 heteroatoms. The van der Waals surface area contributed by atoms with E-state index in [1.807, 2.05) is 30.3 Å². The van der Waals surface area contributed by atoms with E-state index in [4.69, 9.17) is 4.74 Å². The van der Waals surface area contributed by atoms with Crippen molar-refractivity contribution in [3.8, 4) is 5.69 Å². The Hall–Kier alpha value is -3.06. The average molecular weight is 394 g/mol. The normalized spacial score (nSPS) is 15.8. The van der Waals surface area contributed by atoms with Gasteiger partial charge in [0.2, 0.25) is 5.91 Å². The van der Waals surface area contributed by atoms with E-state index >= 15 is 0 Å². The highest BCUT2D eigenvalue weighted by atomic mass is 19.1. The number of benzene rings is 2. The van der Waals surface area contributed by atoms with Gasteiger partial charge in [-0.05, 0) is 54.7 Å². The molecular formula is C22H23FN4O2. The lowest BCUT2D eigenvalue weighted by molar-refractivity contribution is -0.136. The molecule has 0 unspecified atom stereocenters. The summed E-state index contributed by atoms with van der Waals surface area (Å²) >= 11 is 0. The number of halogens is 1. The molecule has 1 amide bonds. The van der Waals surface area contributed by atoms with Gasteiger partial charge in [0, 0.05) is 19.8 Å². The molecule has 150 valence electrons. The molecule has 1 aliphatic rings. The molecule has 3 aromatic rings. The summed E-state index contributed by atoms with van der Waals surface area (Å²) in [4.78, 5) is 17.1. The van der Waals surface area contributed by atoms with E-state index in [2.05, 4.69) is 15.4 Å². The lowest BCUT2D eigenvalue weighted by Gasteiger charge is -2.36. The van der Waals surface area contributed by atoms with Gasteiger partial charge in [0.1, 0.15) is 18.5 Å². The molecule has 4 rings (SSSR count). The number of hydrogen-bond acceptors (Lipinski definition) is 4. The Balaban J connectivity index is 1.44. The predicted octanol–water partition coefficient (Wildman–Crippen LogP) is 3.06. The number of carbonyl (C=O) groups excluding carboxylic acids is 1. The molecule has 6 nitrogen and oxygen atoms in total. The molecular weight excluding hydrogens is 371 g/mol. The maximum absolute atomic E-state index is 13.6. The van der Waals surface area contributed by atoms with Crippen LogP contribution in [0.5, 0.6) is 0 Å². The Morgan fingerprint density at radius 2 is 1.93 bits per heavy atom. The highest BCUT2D eigenvalue weighted by Crippen LogP contribution is 2.35. The number of rotatable bonds is 6. The number of nitrogens with zero attached hydrogens (tertiary/aromatic N) is 3. The molecule has 0 radical (unpaired) electrons.